The molecule has 2 amide bonds. The van der Waals surface area contributed by atoms with Gasteiger partial charge in [0.25, 0.3) is 5.91 Å². The summed E-state index contributed by atoms with van der Waals surface area (Å²) in [5, 5.41) is 9.69. The number of aryl methyl sites for hydroxylation is 1. The van der Waals surface area contributed by atoms with Gasteiger partial charge in [0.05, 0.1) is 10.7 Å². The third-order valence-electron chi connectivity index (χ3n) is 5.38. The van der Waals surface area contributed by atoms with Gasteiger partial charge in [-0.1, -0.05) is 68.4 Å². The maximum absolute atomic E-state index is 12.3. The number of halogens is 2. The van der Waals surface area contributed by atoms with Crippen LogP contribution in [-0.2, 0) is 4.79 Å². The molecule has 40 heavy (non-hydrogen) atoms. The summed E-state index contributed by atoms with van der Waals surface area (Å²) in [7, 11) is 0. The molecule has 5 N–H and O–H groups in total. The molecule has 0 saturated carbocycles. The molecule has 0 heterocycles. The highest BCUT2D eigenvalue weighted by molar-refractivity contribution is 7.81. The second kappa shape index (κ2) is 21.1. The van der Waals surface area contributed by atoms with E-state index in [0.29, 0.717) is 34.9 Å². The lowest BCUT2D eigenvalue weighted by Crippen LogP contribution is -2.16. The Kier molecular flexibility index (Phi) is 18.6. The number of thiol groups is 1. The Morgan fingerprint density at radius 3 is 2.30 bits per heavy atom. The van der Waals surface area contributed by atoms with Gasteiger partial charge in [0, 0.05) is 28.5 Å². The van der Waals surface area contributed by atoms with Crippen molar-refractivity contribution in [2.75, 3.05) is 41.1 Å². The first-order chi connectivity index (χ1) is 19.2. The number of anilines is 3. The molecule has 10 heteroatoms. The fraction of sp³-hybridized carbons (Fsp3) is 0.333. The number of carbonyl (C=O) groups is 2. The quantitative estimate of drug-likeness (QED) is 0.0853. The third kappa shape index (κ3) is 14.6. The van der Waals surface area contributed by atoms with Crippen LogP contribution in [-0.4, -0.2) is 38.5 Å². The summed E-state index contributed by atoms with van der Waals surface area (Å²) in [6.07, 6.45) is 3.97. The number of carbonyl (C=O) groups excluding carboxylic acids is 2. The van der Waals surface area contributed by atoms with E-state index in [4.69, 9.17) is 28.9 Å². The highest BCUT2D eigenvalue weighted by Crippen LogP contribution is 2.25. The van der Waals surface area contributed by atoms with Gasteiger partial charge in [0.2, 0.25) is 6.41 Å². The Labute approximate surface area is 254 Å². The molecule has 0 fully saturated rings. The number of rotatable bonds is 12. The molecule has 0 bridgehead atoms. The van der Waals surface area contributed by atoms with Crippen molar-refractivity contribution >= 4 is 65.4 Å². The first-order valence-electron chi connectivity index (χ1n) is 13.3. The number of hydrogen-bond acceptors (Lipinski definition) is 6. The molecule has 7 nitrogen and oxygen atoms in total. The van der Waals surface area contributed by atoms with Crippen LogP contribution >= 0.6 is 36.0 Å². The van der Waals surface area contributed by atoms with Crippen molar-refractivity contribution in [2.45, 2.75) is 40.0 Å². The molecule has 0 aliphatic carbocycles. The van der Waals surface area contributed by atoms with E-state index in [2.05, 4.69) is 42.6 Å². The van der Waals surface area contributed by atoms with E-state index in [1.165, 1.54) is 24.9 Å². The summed E-state index contributed by atoms with van der Waals surface area (Å²) in [4.78, 5) is 22.9. The minimum Gasteiger partial charge on any atom is -0.330 e. The van der Waals surface area contributed by atoms with Crippen molar-refractivity contribution in [3.05, 3.63) is 87.9 Å². The summed E-state index contributed by atoms with van der Waals surface area (Å²) in [5.41, 5.74) is 9.04. The largest absolute Gasteiger partial charge is 0.330 e. The molecule has 0 aliphatic rings. The predicted octanol–water partition coefficient (Wildman–Crippen LogP) is 7.21. The van der Waals surface area contributed by atoms with Gasteiger partial charge in [-0.25, -0.2) is 0 Å². The van der Waals surface area contributed by atoms with Gasteiger partial charge in [-0.2, -0.15) is 0 Å². The molecule has 0 aliphatic heterocycles. The zero-order valence-corrected chi connectivity index (χ0v) is 25.8. The van der Waals surface area contributed by atoms with Crippen LogP contribution in [0.3, 0.4) is 0 Å². The minimum absolute atomic E-state index is 0.265. The van der Waals surface area contributed by atoms with Crippen LogP contribution in [0.25, 0.3) is 0 Å². The Morgan fingerprint density at radius 2 is 1.75 bits per heavy atom. The smallest absolute Gasteiger partial charge is 0.255 e. The van der Waals surface area contributed by atoms with Gasteiger partial charge in [0.15, 0.2) is 0 Å². The van der Waals surface area contributed by atoms with E-state index in [1.807, 2.05) is 43.3 Å². The van der Waals surface area contributed by atoms with Crippen LogP contribution in [0.2, 0.25) is 10.0 Å². The number of unbranched alkanes of at least 4 members (excludes halogenated alkanes) is 1. The van der Waals surface area contributed by atoms with E-state index >= 15 is 0 Å². The average Bonchev–Trinajstić information content (AvgIpc) is 2.94. The Balaban J connectivity index is 0.000000433. The van der Waals surface area contributed by atoms with Crippen LogP contribution in [0.1, 0.15) is 49.0 Å². The second-order valence-electron chi connectivity index (χ2n) is 8.73. The zero-order valence-electron chi connectivity index (χ0n) is 23.4. The molecule has 3 rings (SSSR count). The van der Waals surface area contributed by atoms with Gasteiger partial charge in [-0.15, -0.1) is 0 Å². The molecule has 0 radical (unpaired) electrons. The Hall–Kier alpha value is -2.75. The summed E-state index contributed by atoms with van der Waals surface area (Å²) in [5.74, 6) is -0.265. The van der Waals surface area contributed by atoms with Crippen molar-refractivity contribution in [3.8, 4) is 0 Å². The number of hydrogen-bond donors (Lipinski definition) is 5. The van der Waals surface area contributed by atoms with E-state index in [9.17, 15) is 9.59 Å². The standard InChI is InChI=1S/C17H19ClN4O2S.C7H7Cl.C6H15N/c18-15-7-4-13(10-16(15)20-11-23)21-17(24)12-2-5-14(6-3-12)22(25)9-1-8-19;1-6-3-2-4-7(8)5-6;1-3-5-6-7-4-2/h2-7,10-11,25H,1,8-9,19H2,(H,20,23)(H,21,24);2-5H,1H3;7H,3-6H2,1-2H3. The van der Waals surface area contributed by atoms with Crippen LogP contribution in [0, 0.1) is 6.92 Å². The predicted molar refractivity (Wildman–Crippen MR) is 175 cm³/mol. The number of nitrogens with one attached hydrogen (secondary N) is 3. The summed E-state index contributed by atoms with van der Waals surface area (Å²) < 4.78 is 1.78. The molecule has 3 aromatic rings. The lowest BCUT2D eigenvalue weighted by molar-refractivity contribution is -0.105. The topological polar surface area (TPSA) is 99.5 Å². The summed E-state index contributed by atoms with van der Waals surface area (Å²) >= 11 is 16.0. The number of nitrogens with two attached hydrogens (primary N) is 1. The van der Waals surface area contributed by atoms with E-state index in [0.717, 1.165) is 30.2 Å². The van der Waals surface area contributed by atoms with E-state index < -0.39 is 0 Å². The van der Waals surface area contributed by atoms with Crippen molar-refractivity contribution in [1.29, 1.82) is 0 Å². The fourth-order valence-electron chi connectivity index (χ4n) is 3.22. The van der Waals surface area contributed by atoms with Gasteiger partial charge in [0.1, 0.15) is 0 Å². The minimum atomic E-state index is -0.265. The van der Waals surface area contributed by atoms with Gasteiger partial charge >= 0.3 is 0 Å². The highest BCUT2D eigenvalue weighted by atomic mass is 35.5. The van der Waals surface area contributed by atoms with Crippen molar-refractivity contribution in [3.63, 3.8) is 0 Å². The zero-order chi connectivity index (χ0) is 29.8. The summed E-state index contributed by atoms with van der Waals surface area (Å²) in [6.45, 7) is 9.98. The lowest BCUT2D eigenvalue weighted by Gasteiger charge is -2.17. The van der Waals surface area contributed by atoms with Crippen LogP contribution in [0.5, 0.6) is 0 Å². The molecule has 218 valence electrons. The second-order valence-corrected chi connectivity index (χ2v) is 10.1. The summed E-state index contributed by atoms with van der Waals surface area (Å²) in [6, 6.07) is 19.7. The molecule has 0 aromatic heterocycles. The number of benzene rings is 3. The highest BCUT2D eigenvalue weighted by Gasteiger charge is 2.09. The third-order valence-corrected chi connectivity index (χ3v) is 6.37. The van der Waals surface area contributed by atoms with Gasteiger partial charge < -0.3 is 26.0 Å². The molecule has 0 unspecified atom stereocenters. The van der Waals surface area contributed by atoms with E-state index in [1.54, 1.807) is 34.6 Å². The van der Waals surface area contributed by atoms with Crippen molar-refractivity contribution in [2.24, 2.45) is 5.73 Å². The monoisotopic (exact) mass is 605 g/mol. The number of nitrogens with zero attached hydrogens (tertiary/aromatic N) is 1. The SMILES string of the molecule is CCCCNCC.Cc1cccc(Cl)c1.NCCCN(S)c1ccc(C(=O)Nc2ccc(Cl)c(NC=O)c2)cc1. The molecule has 3 aromatic carbocycles. The normalized spacial score (nSPS) is 9.88. The molecule has 0 saturated heterocycles. The van der Waals surface area contributed by atoms with Crippen LogP contribution in [0.15, 0.2) is 66.7 Å². The average molecular weight is 607 g/mol. The maximum atomic E-state index is 12.3. The maximum Gasteiger partial charge on any atom is 0.255 e. The molecule has 0 atom stereocenters. The van der Waals surface area contributed by atoms with E-state index in [-0.39, 0.29) is 5.91 Å². The first-order valence-corrected chi connectivity index (χ1v) is 14.4. The van der Waals surface area contributed by atoms with Crippen molar-refractivity contribution in [1.82, 2.24) is 5.32 Å². The molecular weight excluding hydrogens is 565 g/mol. The first kappa shape index (κ1) is 35.3. The fourth-order valence-corrected chi connectivity index (χ4v) is 3.91. The Morgan fingerprint density at radius 1 is 1.02 bits per heavy atom. The van der Waals surface area contributed by atoms with Crippen molar-refractivity contribution < 1.29 is 9.59 Å². The molecular formula is C30H41Cl2N5O2S. The van der Waals surface area contributed by atoms with Crippen LogP contribution in [0.4, 0.5) is 17.1 Å². The van der Waals surface area contributed by atoms with Gasteiger partial charge in [-0.05, 0) is 99.6 Å². The lowest BCUT2D eigenvalue weighted by atomic mass is 10.2. The Bertz CT molecular complexity index is 1130. The number of amides is 2. The van der Waals surface area contributed by atoms with Crippen LogP contribution < -0.4 is 26.0 Å². The molecule has 0 spiro atoms. The van der Waals surface area contributed by atoms with Gasteiger partial charge in [-0.3, -0.25) is 9.59 Å².